The molecule has 0 bridgehead atoms. The summed E-state index contributed by atoms with van der Waals surface area (Å²) in [6.45, 7) is 0. The lowest BCUT2D eigenvalue weighted by atomic mass is 10.00. The van der Waals surface area contributed by atoms with E-state index >= 15 is 0 Å². The highest BCUT2D eigenvalue weighted by Crippen LogP contribution is 2.30. The first kappa shape index (κ1) is 12.4. The first-order valence-electron chi connectivity index (χ1n) is 6.05. The number of aromatic nitrogens is 1. The summed E-state index contributed by atoms with van der Waals surface area (Å²) in [6, 6.07) is 12.1. The van der Waals surface area contributed by atoms with Crippen LogP contribution in [0.25, 0.3) is 10.8 Å². The minimum absolute atomic E-state index is 0.00935. The van der Waals surface area contributed by atoms with Crippen LogP contribution < -0.4 is 5.32 Å². The van der Waals surface area contributed by atoms with Gasteiger partial charge in [0, 0.05) is 23.3 Å². The van der Waals surface area contributed by atoms with Crippen molar-refractivity contribution in [1.29, 1.82) is 0 Å². The van der Waals surface area contributed by atoms with E-state index in [4.69, 9.17) is 4.42 Å². The predicted molar refractivity (Wildman–Crippen MR) is 79.1 cm³/mol. The molecule has 2 heterocycles. The summed E-state index contributed by atoms with van der Waals surface area (Å²) in [5.41, 5.74) is 1.11. The highest BCUT2D eigenvalue weighted by molar-refractivity contribution is 9.10. The summed E-state index contributed by atoms with van der Waals surface area (Å²) < 4.78 is 6.40. The Morgan fingerprint density at radius 1 is 1.16 bits per heavy atom. The third-order valence-electron chi connectivity index (χ3n) is 3.18. The Kier molecular flexibility index (Phi) is 3.36. The van der Waals surface area contributed by atoms with Crippen molar-refractivity contribution in [1.82, 2.24) is 10.3 Å². The van der Waals surface area contributed by atoms with E-state index in [1.54, 1.807) is 0 Å². The topological polar surface area (TPSA) is 38.1 Å². The molecule has 0 saturated carbocycles. The Hall–Kier alpha value is -1.65. The number of nitrogens with zero attached hydrogens (tertiary/aromatic N) is 1. The fourth-order valence-electron chi connectivity index (χ4n) is 2.30. The largest absolute Gasteiger partial charge is 0.452 e. The second-order valence-electron chi connectivity index (χ2n) is 4.31. The van der Waals surface area contributed by atoms with E-state index in [0.717, 1.165) is 21.4 Å². The van der Waals surface area contributed by atoms with Crippen molar-refractivity contribution in [2.24, 2.45) is 0 Å². The second kappa shape index (κ2) is 5.15. The number of rotatable bonds is 3. The van der Waals surface area contributed by atoms with Crippen LogP contribution in [0, 0.1) is 0 Å². The molecular weight excluding hydrogens is 304 g/mol. The molecule has 0 saturated heterocycles. The van der Waals surface area contributed by atoms with Crippen molar-refractivity contribution < 1.29 is 4.42 Å². The van der Waals surface area contributed by atoms with E-state index in [-0.39, 0.29) is 6.04 Å². The molecular formula is C15H13BrN2O. The predicted octanol–water partition coefficient (Wildman–Crippen LogP) is 3.90. The van der Waals surface area contributed by atoms with Gasteiger partial charge in [0.25, 0.3) is 0 Å². The Balaban J connectivity index is 2.16. The van der Waals surface area contributed by atoms with Gasteiger partial charge in [0.1, 0.15) is 5.76 Å². The maximum Gasteiger partial charge on any atom is 0.169 e. The molecule has 1 aromatic carbocycles. The molecule has 0 aliphatic heterocycles. The SMILES string of the molecule is CNC(c1ccc(Br)o1)c1cncc2ccccc12. The third-order valence-corrected chi connectivity index (χ3v) is 3.60. The van der Waals surface area contributed by atoms with Gasteiger partial charge in [-0.15, -0.1) is 0 Å². The van der Waals surface area contributed by atoms with Gasteiger partial charge in [-0.05, 0) is 40.5 Å². The van der Waals surface area contributed by atoms with Gasteiger partial charge in [-0.25, -0.2) is 0 Å². The van der Waals surface area contributed by atoms with Crippen molar-refractivity contribution >= 4 is 26.7 Å². The maximum atomic E-state index is 5.67. The van der Waals surface area contributed by atoms with Crippen LogP contribution in [0.5, 0.6) is 0 Å². The summed E-state index contributed by atoms with van der Waals surface area (Å²) in [7, 11) is 1.92. The number of furan rings is 1. The highest BCUT2D eigenvalue weighted by Gasteiger charge is 2.18. The number of benzene rings is 1. The zero-order valence-corrected chi connectivity index (χ0v) is 12.0. The van der Waals surface area contributed by atoms with Crippen LogP contribution in [0.15, 0.2) is 57.9 Å². The maximum absolute atomic E-state index is 5.67. The van der Waals surface area contributed by atoms with Gasteiger partial charge in [0.05, 0.1) is 6.04 Å². The molecule has 3 aromatic rings. The minimum atomic E-state index is -0.00935. The monoisotopic (exact) mass is 316 g/mol. The summed E-state index contributed by atoms with van der Waals surface area (Å²) >= 11 is 3.34. The molecule has 0 amide bonds. The number of hydrogen-bond donors (Lipinski definition) is 1. The Morgan fingerprint density at radius 3 is 2.74 bits per heavy atom. The first-order valence-corrected chi connectivity index (χ1v) is 6.84. The molecule has 3 rings (SSSR count). The standard InChI is InChI=1S/C15H13BrN2O/c1-17-15(13-6-7-14(16)19-13)12-9-18-8-10-4-2-3-5-11(10)12/h2-9,15,17H,1H3. The normalized spacial score (nSPS) is 12.7. The third kappa shape index (κ3) is 2.29. The van der Waals surface area contributed by atoms with Gasteiger partial charge >= 0.3 is 0 Å². The lowest BCUT2D eigenvalue weighted by Gasteiger charge is -2.16. The van der Waals surface area contributed by atoms with Crippen LogP contribution >= 0.6 is 15.9 Å². The summed E-state index contributed by atoms with van der Waals surface area (Å²) in [4.78, 5) is 4.32. The number of nitrogens with one attached hydrogen (secondary N) is 1. The summed E-state index contributed by atoms with van der Waals surface area (Å²) in [5.74, 6) is 0.868. The van der Waals surface area contributed by atoms with Gasteiger partial charge in [-0.3, -0.25) is 4.98 Å². The Labute approximate surface area is 119 Å². The average molecular weight is 317 g/mol. The van der Waals surface area contributed by atoms with Gasteiger partial charge in [0.15, 0.2) is 4.67 Å². The molecule has 1 N–H and O–H groups in total. The number of fused-ring (bicyclic) bond motifs is 1. The Bertz CT molecular complexity index is 703. The Morgan fingerprint density at radius 2 is 2.00 bits per heavy atom. The van der Waals surface area contributed by atoms with Gasteiger partial charge in [-0.2, -0.15) is 0 Å². The number of pyridine rings is 1. The number of hydrogen-bond acceptors (Lipinski definition) is 3. The van der Waals surface area contributed by atoms with Crippen molar-refractivity contribution in [3.63, 3.8) is 0 Å². The van der Waals surface area contributed by atoms with Gasteiger partial charge in [0.2, 0.25) is 0 Å². The van der Waals surface area contributed by atoms with E-state index in [0.29, 0.717) is 0 Å². The summed E-state index contributed by atoms with van der Waals surface area (Å²) in [6.07, 6.45) is 3.77. The molecule has 0 spiro atoms. The van der Waals surface area contributed by atoms with Crippen molar-refractivity contribution in [2.75, 3.05) is 7.05 Å². The van der Waals surface area contributed by atoms with Crippen molar-refractivity contribution in [3.8, 4) is 0 Å². The zero-order valence-electron chi connectivity index (χ0n) is 10.4. The zero-order chi connectivity index (χ0) is 13.2. The van der Waals surface area contributed by atoms with E-state index in [1.165, 1.54) is 5.39 Å². The molecule has 0 fully saturated rings. The van der Waals surface area contributed by atoms with Crippen LogP contribution in [0.4, 0.5) is 0 Å². The molecule has 0 aliphatic rings. The van der Waals surface area contributed by atoms with Gasteiger partial charge < -0.3 is 9.73 Å². The fraction of sp³-hybridized carbons (Fsp3) is 0.133. The van der Waals surface area contributed by atoms with Crippen LogP contribution in [-0.4, -0.2) is 12.0 Å². The van der Waals surface area contributed by atoms with Crippen LogP contribution in [-0.2, 0) is 0 Å². The minimum Gasteiger partial charge on any atom is -0.452 e. The van der Waals surface area contributed by atoms with E-state index < -0.39 is 0 Å². The molecule has 96 valence electrons. The molecule has 1 atom stereocenters. The van der Waals surface area contributed by atoms with E-state index in [1.807, 2.05) is 43.7 Å². The van der Waals surface area contributed by atoms with Crippen LogP contribution in [0.1, 0.15) is 17.4 Å². The van der Waals surface area contributed by atoms with Crippen molar-refractivity contribution in [3.05, 3.63) is 64.8 Å². The van der Waals surface area contributed by atoms with Gasteiger partial charge in [-0.1, -0.05) is 24.3 Å². The molecule has 2 aromatic heterocycles. The molecule has 19 heavy (non-hydrogen) atoms. The molecule has 0 radical (unpaired) electrons. The van der Waals surface area contributed by atoms with E-state index in [9.17, 15) is 0 Å². The van der Waals surface area contributed by atoms with Crippen LogP contribution in [0.3, 0.4) is 0 Å². The second-order valence-corrected chi connectivity index (χ2v) is 5.10. The lowest BCUT2D eigenvalue weighted by Crippen LogP contribution is -2.17. The lowest BCUT2D eigenvalue weighted by molar-refractivity contribution is 0.448. The van der Waals surface area contributed by atoms with Crippen molar-refractivity contribution in [2.45, 2.75) is 6.04 Å². The first-order chi connectivity index (χ1) is 9.29. The molecule has 1 unspecified atom stereocenters. The molecule has 0 aliphatic carbocycles. The van der Waals surface area contributed by atoms with E-state index in [2.05, 4.69) is 38.4 Å². The quantitative estimate of drug-likeness (QED) is 0.796. The average Bonchev–Trinajstić information content (AvgIpc) is 2.86. The molecule has 3 nitrogen and oxygen atoms in total. The summed E-state index contributed by atoms with van der Waals surface area (Å²) in [5, 5.41) is 5.60. The molecule has 4 heteroatoms. The van der Waals surface area contributed by atoms with Crippen LogP contribution in [0.2, 0.25) is 0 Å². The smallest absolute Gasteiger partial charge is 0.169 e. The fourth-order valence-corrected chi connectivity index (χ4v) is 2.62. The number of halogens is 1. The highest BCUT2D eigenvalue weighted by atomic mass is 79.9.